The molecule has 0 bridgehead atoms. The number of carboxylic acid groups (broad SMARTS) is 1. The highest BCUT2D eigenvalue weighted by Crippen LogP contribution is 2.45. The molecule has 17 heavy (non-hydrogen) atoms. The Morgan fingerprint density at radius 1 is 1.35 bits per heavy atom. The van der Waals surface area contributed by atoms with Crippen molar-refractivity contribution < 1.29 is 15.0 Å². The zero-order chi connectivity index (χ0) is 13.1. The van der Waals surface area contributed by atoms with Gasteiger partial charge in [0.25, 0.3) is 0 Å². The van der Waals surface area contributed by atoms with Crippen LogP contribution in [0.4, 0.5) is 4.79 Å². The summed E-state index contributed by atoms with van der Waals surface area (Å²) in [6.45, 7) is 6.93. The Balaban J connectivity index is 2.66. The fourth-order valence-electron chi connectivity index (χ4n) is 3.33. The van der Waals surface area contributed by atoms with E-state index in [9.17, 15) is 4.79 Å². The van der Waals surface area contributed by atoms with Crippen molar-refractivity contribution in [1.82, 2.24) is 10.6 Å². The topological polar surface area (TPSA) is 81.6 Å². The first-order valence-corrected chi connectivity index (χ1v) is 6.07. The molecule has 2 unspecified atom stereocenters. The quantitative estimate of drug-likeness (QED) is 0.563. The van der Waals surface area contributed by atoms with Gasteiger partial charge in [-0.15, -0.1) is 0 Å². The van der Waals surface area contributed by atoms with Crippen LogP contribution in [0.3, 0.4) is 0 Å². The van der Waals surface area contributed by atoms with Crippen LogP contribution in [-0.2, 0) is 0 Å². The summed E-state index contributed by atoms with van der Waals surface area (Å²) < 4.78 is 0. The van der Waals surface area contributed by atoms with E-state index in [0.717, 1.165) is 19.3 Å². The highest BCUT2D eigenvalue weighted by Gasteiger charge is 2.41. The molecule has 4 N–H and O–H groups in total. The number of hydrogen-bond acceptors (Lipinski definition) is 3. The van der Waals surface area contributed by atoms with Crippen LogP contribution < -0.4 is 10.6 Å². The van der Waals surface area contributed by atoms with E-state index in [-0.39, 0.29) is 23.6 Å². The maximum absolute atomic E-state index is 10.6. The van der Waals surface area contributed by atoms with E-state index in [0.29, 0.717) is 6.54 Å². The maximum atomic E-state index is 10.6. The molecule has 2 atom stereocenters. The number of carbonyl (C=O) groups is 1. The van der Waals surface area contributed by atoms with Crippen molar-refractivity contribution in [2.75, 3.05) is 13.3 Å². The molecule has 0 spiro atoms. The highest BCUT2D eigenvalue weighted by molar-refractivity contribution is 5.64. The Kier molecular flexibility index (Phi) is 4.38. The van der Waals surface area contributed by atoms with Crippen molar-refractivity contribution in [2.45, 2.75) is 46.1 Å². The van der Waals surface area contributed by atoms with E-state index in [1.165, 1.54) is 0 Å². The third-order valence-corrected chi connectivity index (χ3v) is 3.49. The third kappa shape index (κ3) is 4.52. The van der Waals surface area contributed by atoms with Crippen molar-refractivity contribution in [1.29, 1.82) is 0 Å². The molecule has 5 nitrogen and oxygen atoms in total. The predicted octanol–water partition coefficient (Wildman–Crippen LogP) is 1.38. The molecule has 100 valence electrons. The largest absolute Gasteiger partial charge is 0.465 e. The standard InChI is InChI=1S/C12H24N2O3/c1-11(2)4-9(14-8-15)5-12(3,6-11)7-13-10(16)17/h9,13-15H,4-8H2,1-3H3,(H,16,17). The number of amides is 1. The second kappa shape index (κ2) is 5.23. The molecule has 0 aliphatic heterocycles. The lowest BCUT2D eigenvalue weighted by molar-refractivity contribution is 0.0596. The number of aliphatic hydroxyl groups is 1. The molecule has 0 aromatic rings. The zero-order valence-electron chi connectivity index (χ0n) is 10.9. The number of rotatable bonds is 4. The summed E-state index contributed by atoms with van der Waals surface area (Å²) in [4.78, 5) is 10.6. The fourth-order valence-corrected chi connectivity index (χ4v) is 3.33. The van der Waals surface area contributed by atoms with E-state index in [4.69, 9.17) is 10.2 Å². The summed E-state index contributed by atoms with van der Waals surface area (Å²) >= 11 is 0. The second-order valence-electron chi connectivity index (χ2n) is 6.28. The summed E-state index contributed by atoms with van der Waals surface area (Å²) in [7, 11) is 0. The van der Waals surface area contributed by atoms with Gasteiger partial charge in [-0.25, -0.2) is 4.79 Å². The van der Waals surface area contributed by atoms with Crippen LogP contribution in [0.5, 0.6) is 0 Å². The third-order valence-electron chi connectivity index (χ3n) is 3.49. The molecular formula is C12H24N2O3. The predicted molar refractivity (Wildman–Crippen MR) is 65.8 cm³/mol. The first-order valence-electron chi connectivity index (χ1n) is 6.07. The zero-order valence-corrected chi connectivity index (χ0v) is 10.9. The normalized spacial score (nSPS) is 32.1. The lowest BCUT2D eigenvalue weighted by Crippen LogP contribution is -2.49. The van der Waals surface area contributed by atoms with Gasteiger partial charge in [0.2, 0.25) is 0 Å². The van der Waals surface area contributed by atoms with Crippen LogP contribution in [0.1, 0.15) is 40.0 Å². The lowest BCUT2D eigenvalue weighted by atomic mass is 9.62. The van der Waals surface area contributed by atoms with Gasteiger partial charge in [0, 0.05) is 12.6 Å². The van der Waals surface area contributed by atoms with Gasteiger partial charge in [-0.3, -0.25) is 5.32 Å². The van der Waals surface area contributed by atoms with Gasteiger partial charge in [0.15, 0.2) is 0 Å². The van der Waals surface area contributed by atoms with Gasteiger partial charge in [0.05, 0.1) is 6.73 Å². The van der Waals surface area contributed by atoms with Crippen molar-refractivity contribution in [3.05, 3.63) is 0 Å². The molecule has 0 radical (unpaired) electrons. The minimum absolute atomic E-state index is 0.0246. The SMILES string of the molecule is CC1(C)CC(NCO)CC(C)(CNC(=O)O)C1. The molecule has 0 aromatic carbocycles. The Bertz CT molecular complexity index is 281. The van der Waals surface area contributed by atoms with Gasteiger partial charge in [-0.1, -0.05) is 20.8 Å². The fraction of sp³-hybridized carbons (Fsp3) is 0.917. The summed E-state index contributed by atoms with van der Waals surface area (Å²) in [6.07, 6.45) is 1.92. The van der Waals surface area contributed by atoms with Crippen molar-refractivity contribution >= 4 is 6.09 Å². The molecule has 1 fully saturated rings. The number of nitrogens with one attached hydrogen (secondary N) is 2. The van der Waals surface area contributed by atoms with Crippen LogP contribution in [0, 0.1) is 10.8 Å². The molecule has 0 aromatic heterocycles. The van der Waals surface area contributed by atoms with E-state index in [1.807, 2.05) is 0 Å². The van der Waals surface area contributed by atoms with E-state index >= 15 is 0 Å². The van der Waals surface area contributed by atoms with E-state index < -0.39 is 6.09 Å². The molecule has 0 saturated heterocycles. The van der Waals surface area contributed by atoms with Crippen LogP contribution in [0.2, 0.25) is 0 Å². The Morgan fingerprint density at radius 2 is 2.00 bits per heavy atom. The highest BCUT2D eigenvalue weighted by atomic mass is 16.4. The smallest absolute Gasteiger partial charge is 0.404 e. The molecule has 1 rings (SSSR count). The van der Waals surface area contributed by atoms with Gasteiger partial charge < -0.3 is 15.5 Å². The molecule has 5 heteroatoms. The van der Waals surface area contributed by atoms with E-state index in [2.05, 4.69) is 31.4 Å². The second-order valence-corrected chi connectivity index (χ2v) is 6.28. The van der Waals surface area contributed by atoms with Crippen LogP contribution in [0.15, 0.2) is 0 Å². The minimum Gasteiger partial charge on any atom is -0.465 e. The Hall–Kier alpha value is -0.810. The summed E-state index contributed by atoms with van der Waals surface area (Å²) in [5.41, 5.74) is 0.118. The first kappa shape index (κ1) is 14.3. The molecular weight excluding hydrogens is 220 g/mol. The average molecular weight is 244 g/mol. The van der Waals surface area contributed by atoms with Crippen molar-refractivity contribution in [3.8, 4) is 0 Å². The van der Waals surface area contributed by atoms with Gasteiger partial charge >= 0.3 is 6.09 Å². The van der Waals surface area contributed by atoms with Crippen LogP contribution in [0.25, 0.3) is 0 Å². The Morgan fingerprint density at radius 3 is 2.53 bits per heavy atom. The molecule has 1 aliphatic carbocycles. The molecule has 1 amide bonds. The minimum atomic E-state index is -0.971. The van der Waals surface area contributed by atoms with Crippen LogP contribution >= 0.6 is 0 Å². The molecule has 0 heterocycles. The van der Waals surface area contributed by atoms with Gasteiger partial charge in [0.1, 0.15) is 0 Å². The lowest BCUT2D eigenvalue weighted by Gasteiger charge is -2.46. The summed E-state index contributed by atoms with van der Waals surface area (Å²) in [5.74, 6) is 0. The summed E-state index contributed by atoms with van der Waals surface area (Å²) in [6, 6.07) is 0.254. The van der Waals surface area contributed by atoms with Crippen molar-refractivity contribution in [3.63, 3.8) is 0 Å². The van der Waals surface area contributed by atoms with Gasteiger partial charge in [-0.2, -0.15) is 0 Å². The van der Waals surface area contributed by atoms with Crippen molar-refractivity contribution in [2.24, 2.45) is 10.8 Å². The number of aliphatic hydroxyl groups excluding tert-OH is 1. The first-order chi connectivity index (χ1) is 7.76. The molecule has 1 saturated carbocycles. The molecule has 1 aliphatic rings. The monoisotopic (exact) mass is 244 g/mol. The van der Waals surface area contributed by atoms with Gasteiger partial charge in [-0.05, 0) is 30.1 Å². The average Bonchev–Trinajstić information content (AvgIpc) is 2.12. The van der Waals surface area contributed by atoms with Crippen LogP contribution in [-0.4, -0.2) is 35.6 Å². The number of hydrogen-bond donors (Lipinski definition) is 4. The maximum Gasteiger partial charge on any atom is 0.404 e. The van der Waals surface area contributed by atoms with E-state index in [1.54, 1.807) is 0 Å². The Labute approximate surface area is 103 Å². The summed E-state index contributed by atoms with van der Waals surface area (Å²) in [5, 5.41) is 23.2.